The van der Waals surface area contributed by atoms with Gasteiger partial charge in [0.15, 0.2) is 0 Å². The molecule has 2 aromatic rings. The maximum Gasteiger partial charge on any atom is 0.337 e. The van der Waals surface area contributed by atoms with Gasteiger partial charge in [-0.05, 0) is 30.3 Å². The number of anilines is 2. The van der Waals surface area contributed by atoms with E-state index in [1.807, 2.05) is 23.1 Å². The normalized spacial score (nSPS) is 14.0. The van der Waals surface area contributed by atoms with E-state index in [1.54, 1.807) is 24.4 Å². The second-order valence-corrected chi connectivity index (χ2v) is 6.50. The van der Waals surface area contributed by atoms with Gasteiger partial charge in [0.1, 0.15) is 5.82 Å². The van der Waals surface area contributed by atoms with Crippen molar-refractivity contribution >= 4 is 35.0 Å². The monoisotopic (exact) mass is 388 g/mol. The number of methoxy groups -OCH3 is 1. The van der Waals surface area contributed by atoms with Crippen molar-refractivity contribution in [2.24, 2.45) is 0 Å². The first-order chi connectivity index (χ1) is 13.1. The summed E-state index contributed by atoms with van der Waals surface area (Å²) in [4.78, 5) is 32.4. The van der Waals surface area contributed by atoms with Gasteiger partial charge >= 0.3 is 5.97 Å². The minimum Gasteiger partial charge on any atom is -0.465 e. The average molecular weight is 389 g/mol. The summed E-state index contributed by atoms with van der Waals surface area (Å²) in [6, 6.07) is 10.6. The largest absolute Gasteiger partial charge is 0.465 e. The standard InChI is InChI=1S/C19H21ClN4O3/c1-27-19(26)14-5-6-15(20)16(12-14)22-13-18(25)24-10-8-23(9-11-24)17-4-2-3-7-21-17/h2-7,12,22H,8-11,13H2,1H3. The molecule has 0 aliphatic carbocycles. The van der Waals surface area contributed by atoms with Crippen molar-refractivity contribution in [1.29, 1.82) is 0 Å². The van der Waals surface area contributed by atoms with Gasteiger partial charge in [0.2, 0.25) is 5.91 Å². The minimum atomic E-state index is -0.452. The van der Waals surface area contributed by atoms with Crippen LogP contribution in [-0.2, 0) is 9.53 Å². The number of rotatable bonds is 5. The van der Waals surface area contributed by atoms with Gasteiger partial charge in [0.05, 0.1) is 29.9 Å². The molecule has 27 heavy (non-hydrogen) atoms. The predicted molar refractivity (Wildman–Crippen MR) is 104 cm³/mol. The number of halogens is 1. The lowest BCUT2D eigenvalue weighted by molar-refractivity contribution is -0.129. The first kappa shape index (κ1) is 19.0. The van der Waals surface area contributed by atoms with E-state index in [4.69, 9.17) is 16.3 Å². The van der Waals surface area contributed by atoms with Crippen LogP contribution in [0.15, 0.2) is 42.6 Å². The zero-order valence-electron chi connectivity index (χ0n) is 15.0. The summed E-state index contributed by atoms with van der Waals surface area (Å²) in [7, 11) is 1.32. The number of ether oxygens (including phenoxy) is 1. The summed E-state index contributed by atoms with van der Waals surface area (Å²) < 4.78 is 4.70. The third-order valence-electron chi connectivity index (χ3n) is 4.42. The van der Waals surface area contributed by atoms with Gasteiger partial charge in [-0.1, -0.05) is 17.7 Å². The molecule has 0 bridgehead atoms. The maximum absolute atomic E-state index is 12.5. The van der Waals surface area contributed by atoms with Crippen LogP contribution in [0.4, 0.5) is 11.5 Å². The van der Waals surface area contributed by atoms with Crippen LogP contribution < -0.4 is 10.2 Å². The number of nitrogens with one attached hydrogen (secondary N) is 1. The van der Waals surface area contributed by atoms with Gasteiger partial charge in [-0.2, -0.15) is 0 Å². The zero-order valence-corrected chi connectivity index (χ0v) is 15.8. The molecular weight excluding hydrogens is 368 g/mol. The Bertz CT molecular complexity index is 808. The Hall–Kier alpha value is -2.80. The molecule has 0 unspecified atom stereocenters. The number of carbonyl (C=O) groups excluding carboxylic acids is 2. The number of piperazine rings is 1. The SMILES string of the molecule is COC(=O)c1ccc(Cl)c(NCC(=O)N2CCN(c3ccccn3)CC2)c1. The number of carbonyl (C=O) groups is 2. The van der Waals surface area contributed by atoms with Crippen LogP contribution in [-0.4, -0.2) is 61.6 Å². The highest BCUT2D eigenvalue weighted by molar-refractivity contribution is 6.33. The molecule has 0 spiro atoms. The van der Waals surface area contributed by atoms with E-state index in [9.17, 15) is 9.59 Å². The fraction of sp³-hybridized carbons (Fsp3) is 0.316. The number of nitrogens with zero attached hydrogens (tertiary/aromatic N) is 3. The highest BCUT2D eigenvalue weighted by Gasteiger charge is 2.21. The maximum atomic E-state index is 12.5. The summed E-state index contributed by atoms with van der Waals surface area (Å²) in [5, 5.41) is 3.46. The van der Waals surface area contributed by atoms with Gasteiger partial charge < -0.3 is 19.9 Å². The smallest absolute Gasteiger partial charge is 0.337 e. The highest BCUT2D eigenvalue weighted by atomic mass is 35.5. The van der Waals surface area contributed by atoms with Crippen LogP contribution >= 0.6 is 11.6 Å². The highest BCUT2D eigenvalue weighted by Crippen LogP contribution is 2.23. The molecular formula is C19H21ClN4O3. The molecule has 1 aromatic heterocycles. The van der Waals surface area contributed by atoms with E-state index < -0.39 is 5.97 Å². The number of hydrogen-bond acceptors (Lipinski definition) is 6. The van der Waals surface area contributed by atoms with Crippen LogP contribution in [0.1, 0.15) is 10.4 Å². The van der Waals surface area contributed by atoms with Crippen molar-refractivity contribution in [2.75, 3.05) is 50.1 Å². The van der Waals surface area contributed by atoms with Crippen molar-refractivity contribution in [3.05, 3.63) is 53.2 Å². The number of amides is 1. The topological polar surface area (TPSA) is 74.8 Å². The molecule has 3 rings (SSSR count). The lowest BCUT2D eigenvalue weighted by atomic mass is 10.2. The van der Waals surface area contributed by atoms with Crippen LogP contribution in [0.5, 0.6) is 0 Å². The molecule has 1 aliphatic heterocycles. The summed E-state index contributed by atoms with van der Waals surface area (Å²) in [6.45, 7) is 2.84. The molecule has 0 atom stereocenters. The number of esters is 1. The fourth-order valence-corrected chi connectivity index (χ4v) is 3.10. The van der Waals surface area contributed by atoms with Gasteiger partial charge in [-0.15, -0.1) is 0 Å². The van der Waals surface area contributed by atoms with Crippen molar-refractivity contribution in [2.45, 2.75) is 0 Å². The number of aromatic nitrogens is 1. The van der Waals surface area contributed by atoms with Gasteiger partial charge in [0.25, 0.3) is 0 Å². The number of benzene rings is 1. The summed E-state index contributed by atoms with van der Waals surface area (Å²) in [6.07, 6.45) is 1.77. The Morgan fingerprint density at radius 3 is 2.63 bits per heavy atom. The Balaban J connectivity index is 1.54. The van der Waals surface area contributed by atoms with Crippen LogP contribution in [0.3, 0.4) is 0 Å². The van der Waals surface area contributed by atoms with E-state index in [2.05, 4.69) is 15.2 Å². The van der Waals surface area contributed by atoms with Gasteiger partial charge in [0, 0.05) is 32.4 Å². The van der Waals surface area contributed by atoms with Crippen LogP contribution in [0.25, 0.3) is 0 Å². The quantitative estimate of drug-likeness (QED) is 0.792. The van der Waals surface area contributed by atoms with Crippen molar-refractivity contribution in [3.63, 3.8) is 0 Å². The molecule has 1 N–H and O–H groups in total. The van der Waals surface area contributed by atoms with E-state index in [-0.39, 0.29) is 12.5 Å². The molecule has 2 heterocycles. The predicted octanol–water partition coefficient (Wildman–Crippen LogP) is 2.28. The molecule has 0 saturated carbocycles. The molecule has 8 heteroatoms. The Labute approximate surface area is 162 Å². The molecule has 1 aliphatic rings. The second-order valence-electron chi connectivity index (χ2n) is 6.10. The molecule has 142 valence electrons. The summed E-state index contributed by atoms with van der Waals surface area (Å²) in [5.41, 5.74) is 0.904. The Kier molecular flexibility index (Phi) is 6.13. The van der Waals surface area contributed by atoms with E-state index in [0.717, 1.165) is 18.9 Å². The fourth-order valence-electron chi connectivity index (χ4n) is 2.91. The van der Waals surface area contributed by atoms with Crippen LogP contribution in [0, 0.1) is 0 Å². The number of pyridine rings is 1. The van der Waals surface area contributed by atoms with Crippen molar-refractivity contribution in [3.8, 4) is 0 Å². The molecule has 1 saturated heterocycles. The van der Waals surface area contributed by atoms with E-state index in [0.29, 0.717) is 29.4 Å². The van der Waals surface area contributed by atoms with Crippen molar-refractivity contribution in [1.82, 2.24) is 9.88 Å². The Morgan fingerprint density at radius 2 is 1.96 bits per heavy atom. The third-order valence-corrected chi connectivity index (χ3v) is 4.75. The van der Waals surface area contributed by atoms with E-state index >= 15 is 0 Å². The van der Waals surface area contributed by atoms with E-state index in [1.165, 1.54) is 7.11 Å². The minimum absolute atomic E-state index is 0.0183. The first-order valence-corrected chi connectivity index (χ1v) is 9.02. The first-order valence-electron chi connectivity index (χ1n) is 8.64. The Morgan fingerprint density at radius 1 is 1.19 bits per heavy atom. The molecule has 1 amide bonds. The second kappa shape index (κ2) is 8.73. The lowest BCUT2D eigenvalue weighted by Gasteiger charge is -2.35. The zero-order chi connectivity index (χ0) is 19.2. The van der Waals surface area contributed by atoms with Crippen molar-refractivity contribution < 1.29 is 14.3 Å². The molecule has 1 aromatic carbocycles. The molecule has 1 fully saturated rings. The van der Waals surface area contributed by atoms with Gasteiger partial charge in [-0.3, -0.25) is 4.79 Å². The third kappa shape index (κ3) is 4.68. The lowest BCUT2D eigenvalue weighted by Crippen LogP contribution is -2.50. The van der Waals surface area contributed by atoms with Crippen LogP contribution in [0.2, 0.25) is 5.02 Å². The molecule has 7 nitrogen and oxygen atoms in total. The number of hydrogen-bond donors (Lipinski definition) is 1. The summed E-state index contributed by atoms with van der Waals surface area (Å²) >= 11 is 6.15. The average Bonchev–Trinajstić information content (AvgIpc) is 2.73. The van der Waals surface area contributed by atoms with Gasteiger partial charge in [-0.25, -0.2) is 9.78 Å². The summed E-state index contributed by atoms with van der Waals surface area (Å²) in [5.74, 6) is 0.455. The molecule has 0 radical (unpaired) electrons.